The summed E-state index contributed by atoms with van der Waals surface area (Å²) >= 11 is 1.63. The molecule has 2 aromatic heterocycles. The molecule has 0 bridgehead atoms. The van der Waals surface area contributed by atoms with Crippen molar-refractivity contribution in [2.45, 2.75) is 51.9 Å². The molecule has 0 N–H and O–H groups in total. The lowest BCUT2D eigenvalue weighted by Gasteiger charge is -2.20. The van der Waals surface area contributed by atoms with Crippen LogP contribution in [0.4, 0.5) is 5.69 Å². The van der Waals surface area contributed by atoms with Crippen molar-refractivity contribution in [3.63, 3.8) is 0 Å². The number of hydrogen-bond donors (Lipinski definition) is 0. The average molecular weight is 356 g/mol. The SMILES string of the molecule is CCN(CC)c1ccc(-c2nn3c(C4CCCCC4)nnc3s2)cc1. The topological polar surface area (TPSA) is 46.3 Å². The first-order chi connectivity index (χ1) is 12.3. The third-order valence-electron chi connectivity index (χ3n) is 5.23. The largest absolute Gasteiger partial charge is 0.372 e. The summed E-state index contributed by atoms with van der Waals surface area (Å²) in [5.74, 6) is 1.57. The van der Waals surface area contributed by atoms with Gasteiger partial charge in [-0.15, -0.1) is 10.2 Å². The van der Waals surface area contributed by atoms with Gasteiger partial charge in [0.1, 0.15) is 5.01 Å². The molecule has 0 radical (unpaired) electrons. The Morgan fingerprint density at radius 1 is 1.04 bits per heavy atom. The van der Waals surface area contributed by atoms with Gasteiger partial charge >= 0.3 is 0 Å². The van der Waals surface area contributed by atoms with Gasteiger partial charge in [-0.2, -0.15) is 9.61 Å². The van der Waals surface area contributed by atoms with E-state index >= 15 is 0 Å². The minimum Gasteiger partial charge on any atom is -0.372 e. The van der Waals surface area contributed by atoms with Crippen molar-refractivity contribution in [3.05, 3.63) is 30.1 Å². The molecule has 0 amide bonds. The molecule has 0 spiro atoms. The van der Waals surface area contributed by atoms with Gasteiger partial charge in [0.15, 0.2) is 5.82 Å². The minimum atomic E-state index is 0.517. The summed E-state index contributed by atoms with van der Waals surface area (Å²) in [5, 5.41) is 14.7. The van der Waals surface area contributed by atoms with E-state index in [4.69, 9.17) is 5.10 Å². The fourth-order valence-corrected chi connectivity index (χ4v) is 4.62. The second-order valence-electron chi connectivity index (χ2n) is 6.71. The third-order valence-corrected chi connectivity index (χ3v) is 6.18. The molecule has 25 heavy (non-hydrogen) atoms. The molecular formula is C19H25N5S. The van der Waals surface area contributed by atoms with E-state index in [0.29, 0.717) is 5.92 Å². The second-order valence-corrected chi connectivity index (χ2v) is 7.67. The van der Waals surface area contributed by atoms with E-state index in [9.17, 15) is 0 Å². The summed E-state index contributed by atoms with van der Waals surface area (Å²) in [5.41, 5.74) is 2.42. The molecule has 1 aliphatic rings. The Balaban J connectivity index is 1.62. The number of nitrogens with zero attached hydrogens (tertiary/aromatic N) is 5. The van der Waals surface area contributed by atoms with Gasteiger partial charge in [-0.3, -0.25) is 0 Å². The number of anilines is 1. The molecule has 3 aromatic rings. The van der Waals surface area contributed by atoms with Crippen molar-refractivity contribution in [3.8, 4) is 10.6 Å². The summed E-state index contributed by atoms with van der Waals surface area (Å²) < 4.78 is 1.98. The molecule has 0 saturated heterocycles. The molecule has 1 saturated carbocycles. The summed E-state index contributed by atoms with van der Waals surface area (Å²) in [6, 6.07) is 8.71. The summed E-state index contributed by atoms with van der Waals surface area (Å²) in [6.07, 6.45) is 6.37. The number of fused-ring (bicyclic) bond motifs is 1. The molecule has 132 valence electrons. The van der Waals surface area contributed by atoms with Crippen molar-refractivity contribution >= 4 is 22.0 Å². The Morgan fingerprint density at radius 2 is 1.76 bits per heavy atom. The Kier molecular flexibility index (Phi) is 4.70. The predicted molar refractivity (Wildman–Crippen MR) is 103 cm³/mol. The van der Waals surface area contributed by atoms with Gasteiger partial charge in [0, 0.05) is 30.3 Å². The van der Waals surface area contributed by atoms with Crippen LogP contribution in [0.15, 0.2) is 24.3 Å². The summed E-state index contributed by atoms with van der Waals surface area (Å²) in [4.78, 5) is 3.26. The molecule has 5 nitrogen and oxygen atoms in total. The minimum absolute atomic E-state index is 0.517. The molecule has 0 unspecified atom stereocenters. The van der Waals surface area contributed by atoms with Crippen LogP contribution in [0.2, 0.25) is 0 Å². The van der Waals surface area contributed by atoms with Crippen LogP contribution in [-0.2, 0) is 0 Å². The normalized spacial score (nSPS) is 15.8. The van der Waals surface area contributed by atoms with Crippen molar-refractivity contribution in [1.29, 1.82) is 0 Å². The van der Waals surface area contributed by atoms with Gasteiger partial charge in [-0.1, -0.05) is 30.6 Å². The van der Waals surface area contributed by atoms with E-state index in [0.717, 1.165) is 34.4 Å². The number of benzene rings is 1. The highest BCUT2D eigenvalue weighted by molar-refractivity contribution is 7.19. The Bertz CT molecular complexity index is 825. The molecule has 6 heteroatoms. The lowest BCUT2D eigenvalue weighted by atomic mass is 9.89. The van der Waals surface area contributed by atoms with E-state index < -0.39 is 0 Å². The van der Waals surface area contributed by atoms with E-state index in [-0.39, 0.29) is 0 Å². The zero-order chi connectivity index (χ0) is 17.2. The van der Waals surface area contributed by atoms with Crippen LogP contribution in [0.1, 0.15) is 57.7 Å². The van der Waals surface area contributed by atoms with Gasteiger partial charge in [0.25, 0.3) is 0 Å². The molecule has 1 aliphatic carbocycles. The van der Waals surface area contributed by atoms with Crippen LogP contribution >= 0.6 is 11.3 Å². The Hall–Kier alpha value is -1.95. The smallest absolute Gasteiger partial charge is 0.234 e. The highest BCUT2D eigenvalue weighted by Crippen LogP contribution is 2.34. The molecule has 2 heterocycles. The van der Waals surface area contributed by atoms with Gasteiger partial charge in [-0.05, 0) is 51.0 Å². The highest BCUT2D eigenvalue weighted by Gasteiger charge is 2.23. The van der Waals surface area contributed by atoms with Crippen LogP contribution in [0.3, 0.4) is 0 Å². The number of aromatic nitrogens is 4. The maximum Gasteiger partial charge on any atom is 0.234 e. The third kappa shape index (κ3) is 3.15. The highest BCUT2D eigenvalue weighted by atomic mass is 32.1. The fourth-order valence-electron chi connectivity index (χ4n) is 3.77. The average Bonchev–Trinajstić information content (AvgIpc) is 3.25. The van der Waals surface area contributed by atoms with E-state index in [1.165, 1.54) is 37.8 Å². The molecular weight excluding hydrogens is 330 g/mol. The van der Waals surface area contributed by atoms with Crippen LogP contribution in [-0.4, -0.2) is 32.9 Å². The van der Waals surface area contributed by atoms with Crippen LogP contribution in [0, 0.1) is 0 Å². The van der Waals surface area contributed by atoms with Gasteiger partial charge in [0.2, 0.25) is 4.96 Å². The Morgan fingerprint density at radius 3 is 2.44 bits per heavy atom. The van der Waals surface area contributed by atoms with Gasteiger partial charge in [0.05, 0.1) is 0 Å². The molecule has 1 fully saturated rings. The van der Waals surface area contributed by atoms with Gasteiger partial charge in [-0.25, -0.2) is 0 Å². The molecule has 4 rings (SSSR count). The Labute approximate surface area is 152 Å². The predicted octanol–water partition coefficient (Wildman–Crippen LogP) is 4.75. The van der Waals surface area contributed by atoms with Gasteiger partial charge < -0.3 is 4.90 Å². The van der Waals surface area contributed by atoms with E-state index in [1.54, 1.807) is 11.3 Å². The standard InChI is InChI=1S/C19H25N5S/c1-3-23(4-2)16-12-10-15(11-13-16)18-22-24-17(20-21-19(24)25-18)14-8-6-5-7-9-14/h10-14H,3-9H2,1-2H3. The lowest BCUT2D eigenvalue weighted by molar-refractivity contribution is 0.423. The van der Waals surface area contributed by atoms with Crippen LogP contribution in [0.25, 0.3) is 15.5 Å². The van der Waals surface area contributed by atoms with Crippen molar-refractivity contribution in [1.82, 2.24) is 19.8 Å². The zero-order valence-electron chi connectivity index (χ0n) is 15.0. The van der Waals surface area contributed by atoms with Crippen LogP contribution in [0.5, 0.6) is 0 Å². The van der Waals surface area contributed by atoms with Crippen molar-refractivity contribution < 1.29 is 0 Å². The van der Waals surface area contributed by atoms with Crippen molar-refractivity contribution in [2.24, 2.45) is 0 Å². The first-order valence-electron chi connectivity index (χ1n) is 9.37. The second kappa shape index (κ2) is 7.12. The zero-order valence-corrected chi connectivity index (χ0v) is 15.8. The quantitative estimate of drug-likeness (QED) is 0.663. The number of rotatable bonds is 5. The summed E-state index contributed by atoms with van der Waals surface area (Å²) in [7, 11) is 0. The molecule has 0 atom stereocenters. The maximum atomic E-state index is 4.83. The van der Waals surface area contributed by atoms with Crippen LogP contribution < -0.4 is 4.90 Å². The first-order valence-corrected chi connectivity index (χ1v) is 10.2. The van der Waals surface area contributed by atoms with Crippen molar-refractivity contribution in [2.75, 3.05) is 18.0 Å². The first kappa shape index (κ1) is 16.5. The maximum absolute atomic E-state index is 4.83. The summed E-state index contributed by atoms with van der Waals surface area (Å²) in [6.45, 7) is 6.43. The number of hydrogen-bond acceptors (Lipinski definition) is 5. The van der Waals surface area contributed by atoms with E-state index in [2.05, 4.69) is 53.2 Å². The fraction of sp³-hybridized carbons (Fsp3) is 0.526. The molecule has 0 aliphatic heterocycles. The lowest BCUT2D eigenvalue weighted by Crippen LogP contribution is -2.21. The van der Waals surface area contributed by atoms with E-state index in [1.807, 2.05) is 4.52 Å². The molecule has 1 aromatic carbocycles. The monoisotopic (exact) mass is 355 g/mol.